The minimum atomic E-state index is -4.64. The molecule has 1 atom stereocenters. The van der Waals surface area contributed by atoms with Gasteiger partial charge in [0.2, 0.25) is 15.9 Å². The number of ether oxygens (including phenoxy) is 1. The molecule has 43 heavy (non-hydrogen) atoms. The molecular weight excluding hydrogens is 585 g/mol. The summed E-state index contributed by atoms with van der Waals surface area (Å²) in [6, 6.07) is 15.4. The third kappa shape index (κ3) is 7.65. The molecule has 1 fully saturated rings. The van der Waals surface area contributed by atoms with Crippen molar-refractivity contribution in [2.75, 3.05) is 32.1 Å². The van der Waals surface area contributed by atoms with Crippen LogP contribution < -0.4 is 15.4 Å². The van der Waals surface area contributed by atoms with Crippen molar-refractivity contribution in [1.82, 2.24) is 14.5 Å². The van der Waals surface area contributed by atoms with Crippen LogP contribution in [0.2, 0.25) is 0 Å². The number of anilines is 1. The first-order valence-corrected chi connectivity index (χ1v) is 15.0. The highest BCUT2D eigenvalue weighted by Gasteiger charge is 2.41. The Balaban J connectivity index is 1.55. The van der Waals surface area contributed by atoms with Crippen molar-refractivity contribution in [3.63, 3.8) is 0 Å². The molecule has 0 aliphatic carbocycles. The molecule has 9 nitrogen and oxygen atoms in total. The van der Waals surface area contributed by atoms with Crippen LogP contribution >= 0.6 is 0 Å². The second kappa shape index (κ2) is 13.0. The number of nitrogens with zero attached hydrogens (tertiary/aromatic N) is 2. The molecule has 3 amide bonds. The first kappa shape index (κ1) is 31.8. The van der Waals surface area contributed by atoms with Crippen LogP contribution in [0.1, 0.15) is 36.5 Å². The van der Waals surface area contributed by atoms with Gasteiger partial charge in [-0.25, -0.2) is 13.2 Å². The van der Waals surface area contributed by atoms with Gasteiger partial charge in [-0.05, 0) is 65.6 Å². The lowest BCUT2D eigenvalue weighted by atomic mass is 10.0. The summed E-state index contributed by atoms with van der Waals surface area (Å²) in [6.45, 7) is 3.65. The van der Waals surface area contributed by atoms with Crippen molar-refractivity contribution < 1.29 is 35.9 Å². The number of carbonyl (C=O) groups excluding carboxylic acids is 2. The zero-order valence-electron chi connectivity index (χ0n) is 23.9. The van der Waals surface area contributed by atoms with Gasteiger partial charge in [0.1, 0.15) is 11.8 Å². The molecule has 0 bridgehead atoms. The van der Waals surface area contributed by atoms with E-state index in [9.17, 15) is 31.2 Å². The number of halogens is 3. The predicted molar refractivity (Wildman–Crippen MR) is 155 cm³/mol. The first-order chi connectivity index (χ1) is 20.3. The monoisotopic (exact) mass is 618 g/mol. The van der Waals surface area contributed by atoms with E-state index >= 15 is 0 Å². The van der Waals surface area contributed by atoms with E-state index < -0.39 is 44.6 Å². The normalized spacial score (nSPS) is 16.2. The number of amides is 3. The van der Waals surface area contributed by atoms with Gasteiger partial charge in [-0.15, -0.1) is 0 Å². The fourth-order valence-corrected chi connectivity index (χ4v) is 6.18. The van der Waals surface area contributed by atoms with E-state index in [2.05, 4.69) is 24.5 Å². The average molecular weight is 619 g/mol. The highest BCUT2D eigenvalue weighted by atomic mass is 32.2. The topological polar surface area (TPSA) is 108 Å². The highest BCUT2D eigenvalue weighted by Crippen LogP contribution is 2.31. The molecule has 230 valence electrons. The number of piperazine rings is 1. The number of benzene rings is 3. The third-order valence-corrected chi connectivity index (χ3v) is 9.09. The first-order valence-electron chi connectivity index (χ1n) is 13.5. The summed E-state index contributed by atoms with van der Waals surface area (Å²) in [5, 5.41) is 5.48. The van der Waals surface area contributed by atoms with Crippen molar-refractivity contribution in [1.29, 1.82) is 0 Å². The van der Waals surface area contributed by atoms with Gasteiger partial charge in [-0.3, -0.25) is 4.79 Å². The minimum absolute atomic E-state index is 0.0533. The molecule has 1 heterocycles. The van der Waals surface area contributed by atoms with Crippen molar-refractivity contribution in [2.24, 2.45) is 0 Å². The Hall–Kier alpha value is -4.10. The molecule has 1 aliphatic heterocycles. The van der Waals surface area contributed by atoms with Crippen molar-refractivity contribution in [2.45, 2.75) is 43.4 Å². The van der Waals surface area contributed by atoms with Crippen LogP contribution in [0, 0.1) is 0 Å². The number of alkyl halides is 3. The van der Waals surface area contributed by atoms with E-state index in [1.807, 2.05) is 24.3 Å². The summed E-state index contributed by atoms with van der Waals surface area (Å²) in [5.74, 6) is 0.269. The standard InChI is InChI=1S/C30H33F3N4O5S/c1-20(2)22-6-4-21(5-7-22)18-34-28(38)27-19-36(29(39)35-24-10-12-25(42-3)13-11-24)16-17-37(27)43(40,41)26-14-8-23(9-15-26)30(31,32)33/h4-15,20,27H,16-19H2,1-3H3,(H,34,38)(H,35,39)/t27-/m1/s1. The molecule has 13 heteroatoms. The molecule has 3 aromatic rings. The zero-order valence-corrected chi connectivity index (χ0v) is 24.7. The Kier molecular flexibility index (Phi) is 9.65. The van der Waals surface area contributed by atoms with E-state index in [0.29, 0.717) is 29.5 Å². The van der Waals surface area contributed by atoms with Gasteiger partial charge in [0.15, 0.2) is 0 Å². The third-order valence-electron chi connectivity index (χ3n) is 7.16. The number of urea groups is 1. The number of methoxy groups -OCH3 is 1. The molecule has 4 rings (SSSR count). The van der Waals surface area contributed by atoms with Crippen LogP contribution in [-0.4, -0.2) is 62.3 Å². The molecule has 0 aromatic heterocycles. The smallest absolute Gasteiger partial charge is 0.416 e. The SMILES string of the molecule is COc1ccc(NC(=O)N2CCN(S(=O)(=O)c3ccc(C(F)(F)F)cc3)[C@@H](C(=O)NCc3ccc(C(C)C)cc3)C2)cc1. The molecular formula is C30H33F3N4O5S. The Bertz CT molecular complexity index is 1530. The quantitative estimate of drug-likeness (QED) is 0.367. The summed E-state index contributed by atoms with van der Waals surface area (Å²) in [7, 11) is -2.89. The van der Waals surface area contributed by atoms with Crippen molar-refractivity contribution in [3.05, 3.63) is 89.5 Å². The lowest BCUT2D eigenvalue weighted by molar-refractivity contribution is -0.137. The van der Waals surface area contributed by atoms with Crippen LogP contribution in [0.15, 0.2) is 77.7 Å². The fraction of sp³-hybridized carbons (Fsp3) is 0.333. The number of carbonyl (C=O) groups is 2. The van der Waals surface area contributed by atoms with E-state index in [1.54, 1.807) is 24.3 Å². The van der Waals surface area contributed by atoms with Crippen LogP contribution in [-0.2, 0) is 27.5 Å². The lowest BCUT2D eigenvalue weighted by Gasteiger charge is -2.39. The summed E-state index contributed by atoms with van der Waals surface area (Å²) in [5.41, 5.74) is 1.38. The maximum absolute atomic E-state index is 13.6. The predicted octanol–water partition coefficient (Wildman–Crippen LogP) is 5.06. The summed E-state index contributed by atoms with van der Waals surface area (Å²) < 4.78 is 72.5. The van der Waals surface area contributed by atoms with Crippen molar-refractivity contribution >= 4 is 27.6 Å². The maximum atomic E-state index is 13.6. The Morgan fingerprint density at radius 3 is 2.14 bits per heavy atom. The van der Waals surface area contributed by atoms with Gasteiger partial charge in [0.25, 0.3) is 0 Å². The number of sulfonamides is 1. The van der Waals surface area contributed by atoms with Crippen LogP contribution in [0.25, 0.3) is 0 Å². The number of rotatable bonds is 8. The Morgan fingerprint density at radius 2 is 1.58 bits per heavy atom. The Morgan fingerprint density at radius 1 is 0.953 bits per heavy atom. The van der Waals surface area contributed by atoms with Crippen LogP contribution in [0.3, 0.4) is 0 Å². The molecule has 1 saturated heterocycles. The summed E-state index contributed by atoms with van der Waals surface area (Å²) in [6.07, 6.45) is -4.64. The molecule has 1 aliphatic rings. The zero-order chi connectivity index (χ0) is 31.4. The summed E-state index contributed by atoms with van der Waals surface area (Å²) in [4.78, 5) is 27.5. The van der Waals surface area contributed by atoms with Gasteiger partial charge in [0, 0.05) is 31.9 Å². The van der Waals surface area contributed by atoms with Crippen molar-refractivity contribution in [3.8, 4) is 5.75 Å². The Labute approximate surface area is 248 Å². The van der Waals surface area contributed by atoms with Gasteiger partial charge < -0.3 is 20.3 Å². The van der Waals surface area contributed by atoms with Gasteiger partial charge in [-0.2, -0.15) is 17.5 Å². The lowest BCUT2D eigenvalue weighted by Crippen LogP contribution is -2.61. The summed E-state index contributed by atoms with van der Waals surface area (Å²) >= 11 is 0. The van der Waals surface area contributed by atoms with E-state index in [1.165, 1.54) is 12.0 Å². The maximum Gasteiger partial charge on any atom is 0.416 e. The van der Waals surface area contributed by atoms with E-state index in [0.717, 1.165) is 27.6 Å². The second-order valence-corrected chi connectivity index (χ2v) is 12.3. The van der Waals surface area contributed by atoms with Gasteiger partial charge in [-0.1, -0.05) is 38.1 Å². The largest absolute Gasteiger partial charge is 0.497 e. The highest BCUT2D eigenvalue weighted by molar-refractivity contribution is 7.89. The molecule has 3 aromatic carbocycles. The molecule has 0 spiro atoms. The number of hydrogen-bond acceptors (Lipinski definition) is 5. The van der Waals surface area contributed by atoms with E-state index in [-0.39, 0.29) is 26.2 Å². The van der Waals surface area contributed by atoms with Crippen LogP contribution in [0.5, 0.6) is 5.75 Å². The fourth-order valence-electron chi connectivity index (χ4n) is 4.61. The minimum Gasteiger partial charge on any atom is -0.497 e. The molecule has 2 N–H and O–H groups in total. The average Bonchev–Trinajstić information content (AvgIpc) is 2.99. The van der Waals surface area contributed by atoms with E-state index in [4.69, 9.17) is 4.74 Å². The van der Waals surface area contributed by atoms with Gasteiger partial charge >= 0.3 is 12.2 Å². The molecule has 0 unspecified atom stereocenters. The van der Waals surface area contributed by atoms with Crippen LogP contribution in [0.4, 0.5) is 23.7 Å². The number of hydrogen-bond donors (Lipinski definition) is 2. The van der Waals surface area contributed by atoms with Gasteiger partial charge in [0.05, 0.1) is 17.6 Å². The second-order valence-electron chi connectivity index (χ2n) is 10.4. The molecule has 0 saturated carbocycles. The number of nitrogens with one attached hydrogen (secondary N) is 2. The molecule has 0 radical (unpaired) electrons.